The number of hydrogen-bond acceptors (Lipinski definition) is 6. The number of para-hydroxylation sites is 1. The van der Waals surface area contributed by atoms with Crippen LogP contribution in [0, 0.1) is 0 Å². The summed E-state index contributed by atoms with van der Waals surface area (Å²) in [4.78, 5) is 13.0. The molecular formula is C20H18ClN5O2S. The number of aromatic nitrogens is 4. The van der Waals surface area contributed by atoms with Gasteiger partial charge in [0.1, 0.15) is 10.8 Å². The molecule has 0 atom stereocenters. The average molecular weight is 428 g/mol. The number of anilines is 1. The molecule has 0 saturated carbocycles. The van der Waals surface area contributed by atoms with Crippen LogP contribution in [0.3, 0.4) is 0 Å². The molecule has 4 aromatic rings. The Kier molecular flexibility index (Phi) is 5.73. The molecule has 0 saturated heterocycles. The van der Waals surface area contributed by atoms with Gasteiger partial charge < -0.3 is 10.1 Å². The molecule has 7 nitrogen and oxygen atoms in total. The highest BCUT2D eigenvalue weighted by Gasteiger charge is 2.13. The number of ether oxygens (including phenoxy) is 1. The summed E-state index contributed by atoms with van der Waals surface area (Å²) >= 11 is 7.50. The minimum atomic E-state index is -0.273. The Bertz CT molecular complexity index is 1160. The summed E-state index contributed by atoms with van der Waals surface area (Å²) in [6.45, 7) is 1.96. The zero-order chi connectivity index (χ0) is 20.2. The molecule has 9 heteroatoms. The van der Waals surface area contributed by atoms with Crippen molar-refractivity contribution in [1.29, 1.82) is 0 Å². The maximum absolute atomic E-state index is 12.2. The molecule has 1 amide bonds. The molecule has 0 fully saturated rings. The van der Waals surface area contributed by atoms with E-state index in [1.165, 1.54) is 11.3 Å². The van der Waals surface area contributed by atoms with Gasteiger partial charge in [0, 0.05) is 17.7 Å². The molecule has 2 aromatic carbocycles. The molecule has 0 aliphatic heterocycles. The van der Waals surface area contributed by atoms with Crippen molar-refractivity contribution in [3.05, 3.63) is 59.4 Å². The fourth-order valence-electron chi connectivity index (χ4n) is 2.79. The van der Waals surface area contributed by atoms with Gasteiger partial charge in [-0.15, -0.1) is 10.2 Å². The second kappa shape index (κ2) is 8.59. The van der Waals surface area contributed by atoms with Crippen LogP contribution in [0.4, 0.5) is 5.69 Å². The van der Waals surface area contributed by atoms with Gasteiger partial charge in [-0.2, -0.15) is 9.61 Å². The van der Waals surface area contributed by atoms with Crippen molar-refractivity contribution in [1.82, 2.24) is 19.8 Å². The molecule has 0 spiro atoms. The van der Waals surface area contributed by atoms with E-state index < -0.39 is 0 Å². The first-order valence-electron chi connectivity index (χ1n) is 9.13. The van der Waals surface area contributed by atoms with Crippen molar-refractivity contribution in [3.63, 3.8) is 0 Å². The van der Waals surface area contributed by atoms with Gasteiger partial charge in [0.15, 0.2) is 12.4 Å². The number of fused-ring (bicyclic) bond motifs is 1. The fourth-order valence-corrected chi connectivity index (χ4v) is 3.83. The lowest BCUT2D eigenvalue weighted by atomic mass is 10.2. The van der Waals surface area contributed by atoms with E-state index in [4.69, 9.17) is 16.3 Å². The summed E-state index contributed by atoms with van der Waals surface area (Å²) in [6, 6.07) is 14.5. The number of rotatable bonds is 7. The van der Waals surface area contributed by atoms with Crippen molar-refractivity contribution >= 4 is 39.5 Å². The van der Waals surface area contributed by atoms with E-state index in [2.05, 4.69) is 27.5 Å². The van der Waals surface area contributed by atoms with Crippen molar-refractivity contribution in [2.75, 3.05) is 11.9 Å². The van der Waals surface area contributed by atoms with Gasteiger partial charge in [-0.25, -0.2) is 0 Å². The van der Waals surface area contributed by atoms with Gasteiger partial charge in [0.25, 0.3) is 5.91 Å². The average Bonchev–Trinajstić information content (AvgIpc) is 3.30. The maximum Gasteiger partial charge on any atom is 0.262 e. The highest BCUT2D eigenvalue weighted by molar-refractivity contribution is 7.19. The highest BCUT2D eigenvalue weighted by Crippen LogP contribution is 2.28. The van der Waals surface area contributed by atoms with E-state index in [1.807, 2.05) is 24.3 Å². The molecule has 0 aliphatic carbocycles. The lowest BCUT2D eigenvalue weighted by molar-refractivity contribution is -0.118. The van der Waals surface area contributed by atoms with Crippen molar-refractivity contribution in [3.8, 4) is 16.3 Å². The minimum absolute atomic E-state index is 0.134. The molecule has 148 valence electrons. The van der Waals surface area contributed by atoms with E-state index in [0.29, 0.717) is 16.5 Å². The largest absolute Gasteiger partial charge is 0.482 e. The first-order valence-corrected chi connectivity index (χ1v) is 10.3. The minimum Gasteiger partial charge on any atom is -0.482 e. The van der Waals surface area contributed by atoms with Crippen LogP contribution >= 0.6 is 22.9 Å². The van der Waals surface area contributed by atoms with E-state index >= 15 is 0 Å². The predicted octanol–water partition coefficient (Wildman–Crippen LogP) is 4.48. The van der Waals surface area contributed by atoms with Gasteiger partial charge in [-0.05, 0) is 30.7 Å². The standard InChI is InChI=1S/C20H18ClN5O2S/c1-2-6-17-23-24-20-26(17)25-19(29-20)13-7-5-8-14(11-13)22-18(27)12-28-16-10-4-3-9-15(16)21/h3-5,7-11H,2,6,12H2,1H3,(H,22,27). The SMILES string of the molecule is CCCc1nnc2sc(-c3cccc(NC(=O)COc4ccccc4Cl)c3)nn12. The molecule has 0 unspecified atom stereocenters. The van der Waals surface area contributed by atoms with E-state index in [1.54, 1.807) is 28.8 Å². The van der Waals surface area contributed by atoms with Crippen LogP contribution < -0.4 is 10.1 Å². The normalized spacial score (nSPS) is 11.0. The summed E-state index contributed by atoms with van der Waals surface area (Å²) in [7, 11) is 0. The first kappa shape index (κ1) is 19.4. The molecule has 2 heterocycles. The molecule has 1 N–H and O–H groups in total. The van der Waals surface area contributed by atoms with Crippen LogP contribution in [-0.4, -0.2) is 32.3 Å². The summed E-state index contributed by atoms with van der Waals surface area (Å²) in [5.41, 5.74) is 1.56. The van der Waals surface area contributed by atoms with Crippen molar-refractivity contribution < 1.29 is 9.53 Å². The zero-order valence-electron chi connectivity index (χ0n) is 15.6. The third-order valence-corrected chi connectivity index (χ3v) is 5.38. The first-order chi connectivity index (χ1) is 14.1. The number of halogens is 1. The smallest absolute Gasteiger partial charge is 0.262 e. The Hall–Kier alpha value is -2.97. The van der Waals surface area contributed by atoms with Crippen LogP contribution in [-0.2, 0) is 11.2 Å². The Morgan fingerprint density at radius 3 is 2.90 bits per heavy atom. The molecule has 29 heavy (non-hydrogen) atoms. The number of nitrogens with one attached hydrogen (secondary N) is 1. The Morgan fingerprint density at radius 2 is 2.07 bits per heavy atom. The molecular weight excluding hydrogens is 410 g/mol. The molecule has 0 radical (unpaired) electrons. The van der Waals surface area contributed by atoms with Gasteiger partial charge in [-0.3, -0.25) is 4.79 Å². The maximum atomic E-state index is 12.2. The fraction of sp³-hybridized carbons (Fsp3) is 0.200. The van der Waals surface area contributed by atoms with Crippen molar-refractivity contribution in [2.45, 2.75) is 19.8 Å². The molecule has 4 rings (SSSR count). The Morgan fingerprint density at radius 1 is 1.21 bits per heavy atom. The molecule has 0 bridgehead atoms. The summed E-state index contributed by atoms with van der Waals surface area (Å²) in [6.07, 6.45) is 1.80. The van der Waals surface area contributed by atoms with Crippen LogP contribution in [0.5, 0.6) is 5.75 Å². The van der Waals surface area contributed by atoms with Crippen LogP contribution in [0.25, 0.3) is 15.5 Å². The third kappa shape index (κ3) is 4.38. The summed E-state index contributed by atoms with van der Waals surface area (Å²) < 4.78 is 7.26. The quantitative estimate of drug-likeness (QED) is 0.470. The summed E-state index contributed by atoms with van der Waals surface area (Å²) in [5.74, 6) is 1.05. The van der Waals surface area contributed by atoms with E-state index in [0.717, 1.165) is 34.2 Å². The van der Waals surface area contributed by atoms with Crippen LogP contribution in [0.1, 0.15) is 19.2 Å². The third-order valence-electron chi connectivity index (χ3n) is 4.12. The van der Waals surface area contributed by atoms with E-state index in [-0.39, 0.29) is 12.5 Å². The molecule has 0 aliphatic rings. The number of carbonyl (C=O) groups excluding carboxylic acids is 1. The summed E-state index contributed by atoms with van der Waals surface area (Å²) in [5, 5.41) is 17.1. The van der Waals surface area contributed by atoms with Gasteiger partial charge >= 0.3 is 0 Å². The lowest BCUT2D eigenvalue weighted by Gasteiger charge is -2.09. The van der Waals surface area contributed by atoms with Crippen molar-refractivity contribution in [2.24, 2.45) is 0 Å². The Labute approximate surface area is 176 Å². The number of benzene rings is 2. The number of amides is 1. The van der Waals surface area contributed by atoms with Crippen LogP contribution in [0.2, 0.25) is 5.02 Å². The van der Waals surface area contributed by atoms with Crippen LogP contribution in [0.15, 0.2) is 48.5 Å². The zero-order valence-corrected chi connectivity index (χ0v) is 17.2. The number of aryl methyl sites for hydroxylation is 1. The molecule has 2 aromatic heterocycles. The monoisotopic (exact) mass is 427 g/mol. The topological polar surface area (TPSA) is 81.4 Å². The van der Waals surface area contributed by atoms with E-state index in [9.17, 15) is 4.79 Å². The predicted molar refractivity (Wildman–Crippen MR) is 114 cm³/mol. The van der Waals surface area contributed by atoms with Gasteiger partial charge in [0.2, 0.25) is 4.96 Å². The van der Waals surface area contributed by atoms with Gasteiger partial charge in [-0.1, -0.05) is 54.1 Å². The lowest BCUT2D eigenvalue weighted by Crippen LogP contribution is -2.20. The number of nitrogens with zero attached hydrogens (tertiary/aromatic N) is 4. The highest BCUT2D eigenvalue weighted by atomic mass is 35.5. The number of carbonyl (C=O) groups is 1. The Balaban J connectivity index is 1.46. The van der Waals surface area contributed by atoms with Gasteiger partial charge in [0.05, 0.1) is 5.02 Å². The number of hydrogen-bond donors (Lipinski definition) is 1. The second-order valence-electron chi connectivity index (χ2n) is 6.32. The second-order valence-corrected chi connectivity index (χ2v) is 7.68.